The summed E-state index contributed by atoms with van der Waals surface area (Å²) in [5.74, 6) is -0.936. The smallest absolute Gasteiger partial charge is 0.367 e. The van der Waals surface area contributed by atoms with Crippen molar-refractivity contribution < 1.29 is 19.0 Å². The number of hydrogen-bond donors (Lipinski definition) is 1. The number of carbonyl (C=O) groups is 3. The summed E-state index contributed by atoms with van der Waals surface area (Å²) < 4.78 is 1.19. The molecule has 7 heteroatoms. The lowest BCUT2D eigenvalue weighted by molar-refractivity contribution is -0.429. The quantitative estimate of drug-likeness (QED) is 0.730. The van der Waals surface area contributed by atoms with Gasteiger partial charge in [-0.05, 0) is 18.4 Å². The van der Waals surface area contributed by atoms with Gasteiger partial charge in [-0.25, -0.2) is 4.79 Å². The minimum absolute atomic E-state index is 0.270. The van der Waals surface area contributed by atoms with Gasteiger partial charge in [0.2, 0.25) is 0 Å². The van der Waals surface area contributed by atoms with Crippen LogP contribution in [0.4, 0.5) is 4.79 Å². The topological polar surface area (TPSA) is 95.8 Å². The Labute approximate surface area is 122 Å². The number of nitrogens with zero attached hydrogens (tertiary/aromatic N) is 3. The van der Waals surface area contributed by atoms with Gasteiger partial charge in [0.15, 0.2) is 12.5 Å². The Morgan fingerprint density at radius 1 is 1.48 bits per heavy atom. The Balaban J connectivity index is 2.37. The van der Waals surface area contributed by atoms with Gasteiger partial charge in [-0.3, -0.25) is 9.59 Å². The highest BCUT2D eigenvalue weighted by molar-refractivity contribution is 6.15. The lowest BCUT2D eigenvalue weighted by Gasteiger charge is -2.27. The van der Waals surface area contributed by atoms with Gasteiger partial charge < -0.3 is 5.73 Å². The van der Waals surface area contributed by atoms with Crippen molar-refractivity contribution >= 4 is 29.9 Å². The lowest BCUT2D eigenvalue weighted by atomic mass is 10.0. The Morgan fingerprint density at radius 2 is 2.19 bits per heavy atom. The van der Waals surface area contributed by atoms with Crippen molar-refractivity contribution in [3.63, 3.8) is 0 Å². The zero-order chi connectivity index (χ0) is 15.6. The van der Waals surface area contributed by atoms with Crippen molar-refractivity contribution in [3.8, 4) is 0 Å². The Hall–Kier alpha value is -2.31. The summed E-state index contributed by atoms with van der Waals surface area (Å²) in [6, 6.07) is -0.529. The monoisotopic (exact) mass is 291 g/mol. The molecule has 1 unspecified atom stereocenters. The highest BCUT2D eigenvalue weighted by Gasteiger charge is 2.46. The summed E-state index contributed by atoms with van der Waals surface area (Å²) in [7, 11) is 0. The molecule has 0 saturated carbocycles. The minimum Gasteiger partial charge on any atom is -0.367 e. The summed E-state index contributed by atoms with van der Waals surface area (Å²) in [5.41, 5.74) is 5.19. The summed E-state index contributed by atoms with van der Waals surface area (Å²) in [5, 5.41) is 0. The van der Waals surface area contributed by atoms with E-state index in [1.807, 2.05) is 13.8 Å². The van der Waals surface area contributed by atoms with Crippen LogP contribution in [0.1, 0.15) is 20.3 Å². The number of amides is 4. The molecule has 2 N–H and O–H groups in total. The van der Waals surface area contributed by atoms with E-state index in [1.54, 1.807) is 12.2 Å². The van der Waals surface area contributed by atoms with Gasteiger partial charge in [0.05, 0.1) is 6.54 Å². The second-order valence-electron chi connectivity index (χ2n) is 5.51. The van der Waals surface area contributed by atoms with Crippen LogP contribution in [0.25, 0.3) is 0 Å². The molecule has 1 atom stereocenters. The van der Waals surface area contributed by atoms with Crippen LogP contribution in [0.2, 0.25) is 0 Å². The van der Waals surface area contributed by atoms with E-state index < -0.39 is 17.9 Å². The van der Waals surface area contributed by atoms with Crippen LogP contribution in [-0.2, 0) is 9.59 Å². The molecule has 2 heterocycles. The SMILES string of the molecule is CC(C)CCN1C(=O)C2C=CC=NC2=[N+](CC(N)=O)C1=O. The number of carbonyl (C=O) groups excluding carboxylic acids is 3. The van der Waals surface area contributed by atoms with Gasteiger partial charge in [0.25, 0.3) is 11.7 Å². The number of allylic oxidation sites excluding steroid dienone is 1. The maximum absolute atomic E-state index is 12.4. The number of aliphatic imine (C=N–C) groups is 1. The van der Waals surface area contributed by atoms with Gasteiger partial charge in [-0.1, -0.05) is 19.9 Å². The summed E-state index contributed by atoms with van der Waals surface area (Å²) in [6.07, 6.45) is 5.53. The number of nitrogens with two attached hydrogens (primary N) is 1. The fourth-order valence-electron chi connectivity index (χ4n) is 2.28. The van der Waals surface area contributed by atoms with Gasteiger partial charge in [-0.15, -0.1) is 4.99 Å². The fourth-order valence-corrected chi connectivity index (χ4v) is 2.28. The molecule has 0 radical (unpaired) electrons. The average Bonchev–Trinajstić information content (AvgIpc) is 2.43. The molecular formula is C14H19N4O3+. The minimum atomic E-state index is -0.641. The Kier molecular flexibility index (Phi) is 4.30. The third-order valence-electron chi connectivity index (χ3n) is 3.39. The average molecular weight is 291 g/mol. The number of hydrogen-bond acceptors (Lipinski definition) is 4. The number of imide groups is 1. The van der Waals surface area contributed by atoms with Crippen LogP contribution in [0, 0.1) is 11.8 Å². The molecule has 0 aromatic heterocycles. The van der Waals surface area contributed by atoms with E-state index in [-0.39, 0.29) is 18.3 Å². The maximum atomic E-state index is 12.4. The molecule has 112 valence electrons. The van der Waals surface area contributed by atoms with Gasteiger partial charge in [0, 0.05) is 0 Å². The first-order valence-corrected chi connectivity index (χ1v) is 6.90. The largest absolute Gasteiger partial charge is 0.446 e. The molecule has 0 saturated heterocycles. The van der Waals surface area contributed by atoms with Gasteiger partial charge >= 0.3 is 11.9 Å². The van der Waals surface area contributed by atoms with Crippen molar-refractivity contribution in [2.24, 2.45) is 22.6 Å². The predicted octanol–water partition coefficient (Wildman–Crippen LogP) is 0.148. The third kappa shape index (κ3) is 3.07. The van der Waals surface area contributed by atoms with E-state index in [9.17, 15) is 14.4 Å². The first-order chi connectivity index (χ1) is 9.91. The standard InChI is InChI=1S/C14H18N4O3/c1-9(2)5-7-17-13(20)10-4-3-6-16-12(10)18(14(17)21)8-11(15)19/h3-4,6,9-10H,5,7-8H2,1-2H3,(H-,15,19)/p+1. The molecule has 21 heavy (non-hydrogen) atoms. The van der Waals surface area contributed by atoms with Gasteiger partial charge in [-0.2, -0.15) is 9.48 Å². The van der Waals surface area contributed by atoms with Crippen molar-refractivity contribution in [2.75, 3.05) is 13.1 Å². The summed E-state index contributed by atoms with van der Waals surface area (Å²) in [4.78, 5) is 41.3. The molecule has 2 aliphatic rings. The third-order valence-corrected chi connectivity index (χ3v) is 3.39. The zero-order valence-corrected chi connectivity index (χ0v) is 12.2. The molecule has 0 bridgehead atoms. The number of rotatable bonds is 5. The van der Waals surface area contributed by atoms with E-state index >= 15 is 0 Å². The molecule has 2 aliphatic heterocycles. The molecule has 4 amide bonds. The molecule has 7 nitrogen and oxygen atoms in total. The molecule has 0 aromatic carbocycles. The molecule has 0 aromatic rings. The predicted molar refractivity (Wildman–Crippen MR) is 77.0 cm³/mol. The first kappa shape index (κ1) is 15.1. The van der Waals surface area contributed by atoms with E-state index in [1.165, 1.54) is 15.7 Å². The van der Waals surface area contributed by atoms with Crippen molar-refractivity contribution in [2.45, 2.75) is 20.3 Å². The van der Waals surface area contributed by atoms with Crippen molar-refractivity contribution in [3.05, 3.63) is 12.2 Å². The maximum Gasteiger partial charge on any atom is 0.446 e. The van der Waals surface area contributed by atoms with Crippen LogP contribution < -0.4 is 5.73 Å². The second kappa shape index (κ2) is 5.99. The normalized spacial score (nSPS) is 21.3. The van der Waals surface area contributed by atoms with Crippen molar-refractivity contribution in [1.82, 2.24) is 4.90 Å². The number of amidine groups is 1. The lowest BCUT2D eigenvalue weighted by Crippen LogP contribution is -2.56. The van der Waals surface area contributed by atoms with Crippen LogP contribution >= 0.6 is 0 Å². The van der Waals surface area contributed by atoms with E-state index in [4.69, 9.17) is 5.73 Å². The molecule has 0 fully saturated rings. The van der Waals surface area contributed by atoms with Gasteiger partial charge in [0.1, 0.15) is 6.21 Å². The Bertz CT molecular complexity index is 575. The zero-order valence-electron chi connectivity index (χ0n) is 12.2. The molecular weight excluding hydrogens is 272 g/mol. The van der Waals surface area contributed by atoms with E-state index in [0.717, 1.165) is 0 Å². The number of fused-ring (bicyclic) bond motifs is 1. The number of urea groups is 1. The number of primary amides is 1. The molecule has 0 aliphatic carbocycles. The molecule has 0 spiro atoms. The van der Waals surface area contributed by atoms with Crippen LogP contribution in [0.15, 0.2) is 17.1 Å². The fraction of sp³-hybridized carbons (Fsp3) is 0.500. The first-order valence-electron chi connectivity index (χ1n) is 6.90. The van der Waals surface area contributed by atoms with Crippen LogP contribution in [-0.4, -0.2) is 52.5 Å². The highest BCUT2D eigenvalue weighted by atomic mass is 16.2. The molecule has 2 rings (SSSR count). The summed E-state index contributed by atoms with van der Waals surface area (Å²) >= 11 is 0. The van der Waals surface area contributed by atoms with Crippen LogP contribution in [0.5, 0.6) is 0 Å². The van der Waals surface area contributed by atoms with E-state index in [2.05, 4.69) is 4.99 Å². The Morgan fingerprint density at radius 3 is 2.81 bits per heavy atom. The second-order valence-corrected chi connectivity index (χ2v) is 5.51. The summed E-state index contributed by atoms with van der Waals surface area (Å²) in [6.45, 7) is 4.08. The number of dihydropyridines is 1. The van der Waals surface area contributed by atoms with Crippen LogP contribution in [0.3, 0.4) is 0 Å². The van der Waals surface area contributed by atoms with E-state index in [0.29, 0.717) is 18.9 Å². The van der Waals surface area contributed by atoms with Crippen molar-refractivity contribution in [1.29, 1.82) is 0 Å². The highest BCUT2D eigenvalue weighted by Crippen LogP contribution is 2.19.